The Morgan fingerprint density at radius 2 is 1.00 bits per heavy atom. The average molecular weight is 371 g/mol. The average Bonchev–Trinajstić information content (AvgIpc) is 2.49. The maximum absolute atomic E-state index is 2.48. The summed E-state index contributed by atoms with van der Waals surface area (Å²) in [5.41, 5.74) is 0. The van der Waals surface area contributed by atoms with E-state index in [0.29, 0.717) is 0 Å². The van der Waals surface area contributed by atoms with Crippen molar-refractivity contribution in [3.63, 3.8) is 0 Å². The summed E-state index contributed by atoms with van der Waals surface area (Å²) in [5.74, 6) is 0. The zero-order chi connectivity index (χ0) is 13.6. The van der Waals surface area contributed by atoms with Crippen LogP contribution in [0.15, 0.2) is 0 Å². The molecule has 1 heteroatoms. The van der Waals surface area contributed by atoms with Crippen LogP contribution in [-0.4, -0.2) is 18.4 Å². The van der Waals surface area contributed by atoms with E-state index >= 15 is 0 Å². The Morgan fingerprint density at radius 3 is 1.32 bits per heavy atom. The molecule has 0 saturated heterocycles. The number of hydrogen-bond acceptors (Lipinski definition) is 0. The first kappa shape index (κ1) is 16.2. The fourth-order valence-electron chi connectivity index (χ4n) is 5.56. The van der Waals surface area contributed by atoms with Crippen LogP contribution in [0.4, 0.5) is 0 Å². The second kappa shape index (κ2) is 8.29. The third kappa shape index (κ3) is 3.92. The summed E-state index contributed by atoms with van der Waals surface area (Å²) >= 11 is -1.88. The molecule has 2 saturated carbocycles. The van der Waals surface area contributed by atoms with Crippen LogP contribution in [0.5, 0.6) is 0 Å². The first-order valence-electron chi connectivity index (χ1n) is 9.33. The Balaban J connectivity index is 2.16. The molecule has 0 nitrogen and oxygen atoms in total. The molecule has 0 aromatic rings. The summed E-state index contributed by atoms with van der Waals surface area (Å²) in [4.78, 5) is 0. The standard InChI is InChI=1S/2C6H11.2C3H7.Sn/c2*1-2-4-6-5-3-1;2*1-3-2;/h2*1H,2-6H2;2*1,3H2,2H3;. The van der Waals surface area contributed by atoms with Gasteiger partial charge in [0.1, 0.15) is 0 Å². The molecule has 0 unspecified atom stereocenters. The molecule has 2 aliphatic carbocycles. The molecule has 2 aliphatic rings. The van der Waals surface area contributed by atoms with Crippen LogP contribution < -0.4 is 0 Å². The van der Waals surface area contributed by atoms with Gasteiger partial charge in [-0.1, -0.05) is 0 Å². The Bertz CT molecular complexity index is 210. The fourth-order valence-corrected chi connectivity index (χ4v) is 27.0. The molecule has 0 aromatic heterocycles. The molecular formula is C18H36Sn. The molecule has 19 heavy (non-hydrogen) atoms. The zero-order valence-corrected chi connectivity index (χ0v) is 16.4. The van der Waals surface area contributed by atoms with Crippen molar-refractivity contribution < 1.29 is 0 Å². The monoisotopic (exact) mass is 372 g/mol. The van der Waals surface area contributed by atoms with Crippen molar-refractivity contribution in [2.45, 2.75) is 108 Å². The van der Waals surface area contributed by atoms with Gasteiger partial charge in [0.2, 0.25) is 0 Å². The normalized spacial score (nSPS) is 23.7. The summed E-state index contributed by atoms with van der Waals surface area (Å²) < 4.78 is 6.03. The Labute approximate surface area is 126 Å². The van der Waals surface area contributed by atoms with Crippen LogP contribution >= 0.6 is 0 Å². The topological polar surface area (TPSA) is 0 Å². The molecule has 0 aromatic carbocycles. The van der Waals surface area contributed by atoms with Gasteiger partial charge in [-0.3, -0.25) is 0 Å². The van der Waals surface area contributed by atoms with Crippen LogP contribution in [0.25, 0.3) is 0 Å². The van der Waals surface area contributed by atoms with Crippen molar-refractivity contribution in [3.05, 3.63) is 0 Å². The van der Waals surface area contributed by atoms with Gasteiger partial charge in [-0.15, -0.1) is 0 Å². The first-order valence-corrected chi connectivity index (χ1v) is 16.7. The van der Waals surface area contributed by atoms with Crippen LogP contribution in [0.2, 0.25) is 16.7 Å². The van der Waals surface area contributed by atoms with Crippen molar-refractivity contribution >= 4 is 18.4 Å². The van der Waals surface area contributed by atoms with E-state index in [0.717, 1.165) is 0 Å². The van der Waals surface area contributed by atoms with Gasteiger partial charge in [0.25, 0.3) is 0 Å². The predicted molar refractivity (Wildman–Crippen MR) is 89.6 cm³/mol. The maximum atomic E-state index is 2.48. The second-order valence-corrected chi connectivity index (χ2v) is 22.0. The van der Waals surface area contributed by atoms with E-state index in [-0.39, 0.29) is 0 Å². The molecular weight excluding hydrogens is 335 g/mol. The predicted octanol–water partition coefficient (Wildman–Crippen LogP) is 6.92. The summed E-state index contributed by atoms with van der Waals surface area (Å²) in [5, 5.41) is 0. The first-order chi connectivity index (χ1) is 9.33. The summed E-state index contributed by atoms with van der Waals surface area (Å²) in [7, 11) is 0. The van der Waals surface area contributed by atoms with E-state index in [1.807, 2.05) is 0 Å². The molecule has 2 fully saturated rings. The molecule has 0 spiro atoms. The molecule has 0 aliphatic heterocycles. The van der Waals surface area contributed by atoms with Crippen molar-refractivity contribution in [1.82, 2.24) is 0 Å². The van der Waals surface area contributed by atoms with Crippen molar-refractivity contribution in [3.8, 4) is 0 Å². The van der Waals surface area contributed by atoms with Gasteiger partial charge >= 0.3 is 126 Å². The van der Waals surface area contributed by atoms with E-state index in [4.69, 9.17) is 0 Å². The molecule has 0 heterocycles. The third-order valence-electron chi connectivity index (χ3n) is 6.27. The van der Waals surface area contributed by atoms with Crippen LogP contribution in [0, 0.1) is 0 Å². The Morgan fingerprint density at radius 1 is 0.632 bits per heavy atom. The van der Waals surface area contributed by atoms with E-state index in [9.17, 15) is 0 Å². The van der Waals surface area contributed by atoms with Crippen molar-refractivity contribution in [2.75, 3.05) is 0 Å². The van der Waals surface area contributed by atoms with Crippen LogP contribution in [0.1, 0.15) is 90.9 Å². The van der Waals surface area contributed by atoms with E-state index in [1.54, 1.807) is 73.1 Å². The van der Waals surface area contributed by atoms with E-state index in [2.05, 4.69) is 13.8 Å². The van der Waals surface area contributed by atoms with Gasteiger partial charge in [0, 0.05) is 0 Å². The van der Waals surface area contributed by atoms with Gasteiger partial charge in [-0.05, 0) is 0 Å². The van der Waals surface area contributed by atoms with Crippen LogP contribution in [-0.2, 0) is 0 Å². The third-order valence-corrected chi connectivity index (χ3v) is 27.0. The summed E-state index contributed by atoms with van der Waals surface area (Å²) in [6.07, 6.45) is 19.0. The number of rotatable bonds is 6. The zero-order valence-electron chi connectivity index (χ0n) is 13.6. The summed E-state index contributed by atoms with van der Waals surface area (Å²) in [6.45, 7) is 4.96. The molecule has 0 atom stereocenters. The van der Waals surface area contributed by atoms with Gasteiger partial charge in [0.05, 0.1) is 0 Å². The summed E-state index contributed by atoms with van der Waals surface area (Å²) in [6, 6.07) is 0. The van der Waals surface area contributed by atoms with Crippen molar-refractivity contribution in [2.24, 2.45) is 0 Å². The Hall–Kier alpha value is 0.799. The van der Waals surface area contributed by atoms with E-state index < -0.39 is 18.4 Å². The quantitative estimate of drug-likeness (QED) is 0.445. The van der Waals surface area contributed by atoms with Gasteiger partial charge in [0.15, 0.2) is 0 Å². The molecule has 0 radical (unpaired) electrons. The fraction of sp³-hybridized carbons (Fsp3) is 1.00. The van der Waals surface area contributed by atoms with Crippen LogP contribution in [0.3, 0.4) is 0 Å². The minimum atomic E-state index is -1.88. The molecule has 0 bridgehead atoms. The van der Waals surface area contributed by atoms with Crippen molar-refractivity contribution in [1.29, 1.82) is 0 Å². The molecule has 112 valence electrons. The SMILES string of the molecule is CC[CH2][Sn]([CH2]CC)([CH]1CCCCC1)[CH]1CCCCC1. The second-order valence-electron chi connectivity index (χ2n) is 7.40. The van der Waals surface area contributed by atoms with Gasteiger partial charge in [-0.25, -0.2) is 0 Å². The van der Waals surface area contributed by atoms with Gasteiger partial charge < -0.3 is 0 Å². The Kier molecular flexibility index (Phi) is 7.06. The van der Waals surface area contributed by atoms with E-state index in [1.165, 1.54) is 20.7 Å². The minimum absolute atomic E-state index is 1.28. The molecule has 0 amide bonds. The molecule has 2 rings (SSSR count). The van der Waals surface area contributed by atoms with Gasteiger partial charge in [-0.2, -0.15) is 0 Å². The molecule has 0 N–H and O–H groups in total. The number of hydrogen-bond donors (Lipinski definition) is 0.